The summed E-state index contributed by atoms with van der Waals surface area (Å²) in [5.41, 5.74) is 0.831. The highest BCUT2D eigenvalue weighted by Crippen LogP contribution is 2.31. The molecule has 0 fully saturated rings. The molecule has 0 aliphatic carbocycles. The molecule has 0 unspecified atom stereocenters. The van der Waals surface area contributed by atoms with Gasteiger partial charge in [0.25, 0.3) is 5.56 Å². The minimum Gasteiger partial charge on any atom is -0.493 e. The van der Waals surface area contributed by atoms with Gasteiger partial charge in [-0.25, -0.2) is 13.4 Å². The van der Waals surface area contributed by atoms with Gasteiger partial charge < -0.3 is 19.8 Å². The highest BCUT2D eigenvalue weighted by Gasteiger charge is 2.24. The number of aryl methyl sites for hydroxylation is 1. The highest BCUT2D eigenvalue weighted by atomic mass is 32.2. The van der Waals surface area contributed by atoms with Gasteiger partial charge in [-0.15, -0.1) is 0 Å². The molecule has 0 saturated heterocycles. The van der Waals surface area contributed by atoms with E-state index in [4.69, 9.17) is 9.47 Å². The van der Waals surface area contributed by atoms with E-state index in [1.54, 1.807) is 6.07 Å². The Hall–Kier alpha value is -3.31. The minimum atomic E-state index is -4.15. The van der Waals surface area contributed by atoms with E-state index >= 15 is 0 Å². The molecule has 1 amide bonds. The molecule has 9 nitrogen and oxygen atoms in total. The van der Waals surface area contributed by atoms with Crippen LogP contribution in [0.4, 0.5) is 5.69 Å². The van der Waals surface area contributed by atoms with E-state index in [2.05, 4.69) is 15.3 Å². The number of H-pyrrole nitrogens is 1. The number of amides is 1. The third kappa shape index (κ3) is 5.29. The van der Waals surface area contributed by atoms with Crippen molar-refractivity contribution in [2.45, 2.75) is 21.9 Å². The topological polar surface area (TPSA) is 127 Å². The van der Waals surface area contributed by atoms with Crippen LogP contribution in [0.2, 0.25) is 0 Å². The summed E-state index contributed by atoms with van der Waals surface area (Å²) in [4.78, 5) is 30.4. The summed E-state index contributed by atoms with van der Waals surface area (Å²) < 4.78 is 36.0. The standard InChI is InChI=1S/C21H21N3O6S2/c1-13-5-4-6-14(9-13)23-19(25)12-31-21-22-11-18(20(26)24-21)32(27,28)15-7-8-16(29-2)17(10-15)30-3/h4-11H,12H2,1-3H3,(H,23,25)(H,22,24,26). The van der Waals surface area contributed by atoms with Gasteiger partial charge in [-0.05, 0) is 36.8 Å². The second-order valence-electron chi connectivity index (χ2n) is 6.61. The van der Waals surface area contributed by atoms with Gasteiger partial charge in [-0.2, -0.15) is 0 Å². The lowest BCUT2D eigenvalue weighted by molar-refractivity contribution is -0.113. The molecule has 1 heterocycles. The predicted octanol–water partition coefficient (Wildman–Crippen LogP) is 2.66. The molecule has 0 aliphatic heterocycles. The summed E-state index contributed by atoms with van der Waals surface area (Å²) in [5, 5.41) is 2.87. The molecule has 1 aromatic heterocycles. The lowest BCUT2D eigenvalue weighted by Gasteiger charge is -2.10. The molecular weight excluding hydrogens is 454 g/mol. The van der Waals surface area contributed by atoms with Crippen LogP contribution in [0.1, 0.15) is 5.56 Å². The zero-order valence-electron chi connectivity index (χ0n) is 17.5. The number of thioether (sulfide) groups is 1. The first-order valence-corrected chi connectivity index (χ1v) is 11.8. The quantitative estimate of drug-likeness (QED) is 0.376. The molecule has 0 saturated carbocycles. The van der Waals surface area contributed by atoms with Gasteiger partial charge in [0.05, 0.1) is 31.1 Å². The molecular formula is C21H21N3O6S2. The number of sulfone groups is 1. The van der Waals surface area contributed by atoms with E-state index in [-0.39, 0.29) is 27.5 Å². The van der Waals surface area contributed by atoms with Crippen molar-refractivity contribution < 1.29 is 22.7 Å². The first-order chi connectivity index (χ1) is 15.2. The molecule has 0 aliphatic rings. The van der Waals surface area contributed by atoms with Crippen LogP contribution < -0.4 is 20.3 Å². The van der Waals surface area contributed by atoms with Crippen molar-refractivity contribution in [3.05, 3.63) is 64.6 Å². The Balaban J connectivity index is 1.74. The van der Waals surface area contributed by atoms with Crippen molar-refractivity contribution in [1.82, 2.24) is 9.97 Å². The molecule has 11 heteroatoms. The summed E-state index contributed by atoms with van der Waals surface area (Å²) in [5.74, 6) is 0.266. The number of ether oxygens (including phenoxy) is 2. The monoisotopic (exact) mass is 475 g/mol. The Bertz CT molecular complexity index is 1300. The van der Waals surface area contributed by atoms with E-state index in [1.807, 2.05) is 25.1 Å². The van der Waals surface area contributed by atoms with Crippen LogP contribution in [0.3, 0.4) is 0 Å². The Morgan fingerprint density at radius 2 is 1.88 bits per heavy atom. The molecule has 3 aromatic rings. The van der Waals surface area contributed by atoms with E-state index in [0.29, 0.717) is 11.4 Å². The van der Waals surface area contributed by atoms with Gasteiger partial charge in [0.2, 0.25) is 15.7 Å². The lowest BCUT2D eigenvalue weighted by Crippen LogP contribution is -2.20. The molecule has 0 atom stereocenters. The van der Waals surface area contributed by atoms with Crippen molar-refractivity contribution in [1.29, 1.82) is 0 Å². The number of hydrogen-bond donors (Lipinski definition) is 2. The van der Waals surface area contributed by atoms with Crippen molar-refractivity contribution in [3.8, 4) is 11.5 Å². The number of nitrogens with zero attached hydrogens (tertiary/aromatic N) is 1. The maximum absolute atomic E-state index is 12.9. The Kier molecular flexibility index (Phi) is 7.21. The van der Waals surface area contributed by atoms with E-state index in [1.165, 1.54) is 32.4 Å². The second-order valence-corrected chi connectivity index (χ2v) is 9.49. The van der Waals surface area contributed by atoms with Crippen LogP contribution in [-0.4, -0.2) is 44.3 Å². The summed E-state index contributed by atoms with van der Waals surface area (Å²) >= 11 is 0.982. The van der Waals surface area contributed by atoms with Crippen LogP contribution >= 0.6 is 11.8 Å². The van der Waals surface area contributed by atoms with Gasteiger partial charge in [-0.1, -0.05) is 23.9 Å². The van der Waals surface area contributed by atoms with Gasteiger partial charge in [0.1, 0.15) is 0 Å². The molecule has 168 valence electrons. The smallest absolute Gasteiger partial charge is 0.270 e. The number of methoxy groups -OCH3 is 2. The van der Waals surface area contributed by atoms with Gasteiger partial charge in [0, 0.05) is 11.8 Å². The average molecular weight is 476 g/mol. The fourth-order valence-electron chi connectivity index (χ4n) is 2.80. The first kappa shape index (κ1) is 23.4. The normalized spacial score (nSPS) is 11.1. The van der Waals surface area contributed by atoms with Gasteiger partial charge in [-0.3, -0.25) is 9.59 Å². The lowest BCUT2D eigenvalue weighted by atomic mass is 10.2. The number of rotatable bonds is 8. The highest BCUT2D eigenvalue weighted by molar-refractivity contribution is 7.99. The van der Waals surface area contributed by atoms with Crippen molar-refractivity contribution >= 4 is 33.2 Å². The van der Waals surface area contributed by atoms with E-state index in [0.717, 1.165) is 23.5 Å². The molecule has 0 radical (unpaired) electrons. The molecule has 0 bridgehead atoms. The number of benzene rings is 2. The third-order valence-electron chi connectivity index (χ3n) is 4.34. The predicted molar refractivity (Wildman–Crippen MR) is 120 cm³/mol. The fourth-order valence-corrected chi connectivity index (χ4v) is 4.68. The number of aromatic nitrogens is 2. The molecule has 2 aromatic carbocycles. The number of nitrogens with one attached hydrogen (secondary N) is 2. The summed E-state index contributed by atoms with van der Waals surface area (Å²) in [6.45, 7) is 1.91. The minimum absolute atomic E-state index is 0.0152. The number of hydrogen-bond acceptors (Lipinski definition) is 8. The number of carbonyl (C=O) groups is 1. The maximum atomic E-state index is 12.9. The number of anilines is 1. The number of carbonyl (C=O) groups excluding carboxylic acids is 1. The first-order valence-electron chi connectivity index (χ1n) is 9.30. The Morgan fingerprint density at radius 3 is 2.53 bits per heavy atom. The zero-order chi connectivity index (χ0) is 23.3. The molecule has 3 rings (SSSR count). The van der Waals surface area contributed by atoms with E-state index in [9.17, 15) is 18.0 Å². The Morgan fingerprint density at radius 1 is 1.12 bits per heavy atom. The maximum Gasteiger partial charge on any atom is 0.270 e. The van der Waals surface area contributed by atoms with Crippen LogP contribution in [0.5, 0.6) is 11.5 Å². The fraction of sp³-hybridized carbons (Fsp3) is 0.190. The molecule has 0 spiro atoms. The van der Waals surface area contributed by atoms with Crippen molar-refractivity contribution in [3.63, 3.8) is 0 Å². The van der Waals surface area contributed by atoms with Crippen molar-refractivity contribution in [2.24, 2.45) is 0 Å². The van der Waals surface area contributed by atoms with Crippen LogP contribution in [-0.2, 0) is 14.6 Å². The largest absolute Gasteiger partial charge is 0.493 e. The van der Waals surface area contributed by atoms with Gasteiger partial charge in [0.15, 0.2) is 21.6 Å². The van der Waals surface area contributed by atoms with Gasteiger partial charge >= 0.3 is 0 Å². The van der Waals surface area contributed by atoms with Crippen LogP contribution in [0.15, 0.2) is 68.4 Å². The summed E-state index contributed by atoms with van der Waals surface area (Å²) in [7, 11) is -1.34. The van der Waals surface area contributed by atoms with E-state index < -0.39 is 20.3 Å². The molecule has 2 N–H and O–H groups in total. The second kappa shape index (κ2) is 9.88. The zero-order valence-corrected chi connectivity index (χ0v) is 19.2. The van der Waals surface area contributed by atoms with Crippen molar-refractivity contribution in [2.75, 3.05) is 25.3 Å². The SMILES string of the molecule is COc1ccc(S(=O)(=O)c2cnc(SCC(=O)Nc3cccc(C)c3)[nH]c2=O)cc1OC. The average Bonchev–Trinajstić information content (AvgIpc) is 2.77. The summed E-state index contributed by atoms with van der Waals surface area (Å²) in [6, 6.07) is 11.4. The number of aromatic amines is 1. The Labute approximate surface area is 189 Å². The third-order valence-corrected chi connectivity index (χ3v) is 6.97. The van der Waals surface area contributed by atoms with Crippen LogP contribution in [0.25, 0.3) is 0 Å². The summed E-state index contributed by atoms with van der Waals surface area (Å²) in [6.07, 6.45) is 0.978. The molecule has 32 heavy (non-hydrogen) atoms. The van der Waals surface area contributed by atoms with Crippen LogP contribution in [0, 0.1) is 6.92 Å².